The fourth-order valence-electron chi connectivity index (χ4n) is 5.45. The highest BCUT2D eigenvalue weighted by atomic mass is 16.4. The van der Waals surface area contributed by atoms with Crippen molar-refractivity contribution in [3.05, 3.63) is 95.4 Å². The van der Waals surface area contributed by atoms with E-state index in [1.165, 1.54) is 17.5 Å². The maximum absolute atomic E-state index is 13.5. The first kappa shape index (κ1) is 21.9. The highest BCUT2D eigenvalue weighted by Crippen LogP contribution is 2.35. The number of carbonyl (C=O) groups excluding carboxylic acids is 1. The van der Waals surface area contributed by atoms with E-state index >= 15 is 0 Å². The first-order chi connectivity index (χ1) is 16.1. The molecule has 2 N–H and O–H groups in total. The molecule has 172 valence electrons. The summed E-state index contributed by atoms with van der Waals surface area (Å²) in [5, 5.41) is 0. The molecule has 2 aliphatic rings. The minimum atomic E-state index is -0.225. The van der Waals surface area contributed by atoms with Crippen LogP contribution >= 0.6 is 0 Å². The predicted molar refractivity (Wildman–Crippen MR) is 130 cm³/mol. The van der Waals surface area contributed by atoms with Crippen LogP contribution in [0.3, 0.4) is 0 Å². The minimum Gasteiger partial charge on any atom is -0.454 e. The zero-order chi connectivity index (χ0) is 22.8. The van der Waals surface area contributed by atoms with Gasteiger partial charge in [-0.15, -0.1) is 0 Å². The summed E-state index contributed by atoms with van der Waals surface area (Å²) in [5.74, 6) is 1.93. The first-order valence-electron chi connectivity index (χ1n) is 12.1. The van der Waals surface area contributed by atoms with Crippen LogP contribution in [-0.2, 0) is 0 Å². The fraction of sp³-hybridized carbons (Fsp3) is 0.393. The Hall–Kier alpha value is -2.89. The Kier molecular flexibility index (Phi) is 6.34. The van der Waals surface area contributed by atoms with E-state index in [0.717, 1.165) is 32.6 Å². The van der Waals surface area contributed by atoms with E-state index in [4.69, 9.17) is 10.2 Å². The maximum Gasteiger partial charge on any atom is 0.289 e. The molecule has 2 fully saturated rings. The molecule has 5 heteroatoms. The highest BCUT2D eigenvalue weighted by molar-refractivity contribution is 5.92. The van der Waals surface area contributed by atoms with E-state index in [1.807, 2.05) is 24.0 Å². The number of amides is 1. The number of likely N-dealkylation sites (tertiary alicyclic amines) is 2. The SMILES string of the molecule is CC(N)c1ccc(C(=O)N2C[C@@H](c3ccccc3)C[C@H]2CN2CC[C@H](c3ccccc3)C2)o1. The van der Waals surface area contributed by atoms with Crippen LogP contribution < -0.4 is 5.73 Å². The minimum absolute atomic E-state index is 0.0239. The predicted octanol–water partition coefficient (Wildman–Crippen LogP) is 4.79. The number of rotatable bonds is 6. The number of furan rings is 1. The van der Waals surface area contributed by atoms with Gasteiger partial charge in [-0.2, -0.15) is 0 Å². The van der Waals surface area contributed by atoms with E-state index in [9.17, 15) is 4.79 Å². The van der Waals surface area contributed by atoms with Crippen molar-refractivity contribution in [3.63, 3.8) is 0 Å². The molecule has 2 aromatic carbocycles. The van der Waals surface area contributed by atoms with Gasteiger partial charge in [0.1, 0.15) is 5.76 Å². The number of benzene rings is 2. The molecule has 2 saturated heterocycles. The van der Waals surface area contributed by atoms with Crippen LogP contribution in [0, 0.1) is 0 Å². The summed E-state index contributed by atoms with van der Waals surface area (Å²) in [6, 6.07) is 24.9. The summed E-state index contributed by atoms with van der Waals surface area (Å²) in [6.45, 7) is 5.61. The Morgan fingerprint density at radius 1 is 0.970 bits per heavy atom. The van der Waals surface area contributed by atoms with E-state index in [0.29, 0.717) is 23.4 Å². The molecule has 4 atom stereocenters. The third-order valence-corrected chi connectivity index (χ3v) is 7.24. The van der Waals surface area contributed by atoms with Crippen LogP contribution in [0.4, 0.5) is 0 Å². The first-order valence-corrected chi connectivity index (χ1v) is 12.1. The molecule has 3 heterocycles. The van der Waals surface area contributed by atoms with Crippen LogP contribution in [-0.4, -0.2) is 47.9 Å². The zero-order valence-corrected chi connectivity index (χ0v) is 19.3. The molecular formula is C28H33N3O2. The Morgan fingerprint density at radius 3 is 2.27 bits per heavy atom. The topological polar surface area (TPSA) is 62.7 Å². The third kappa shape index (κ3) is 4.75. The number of hydrogen-bond donors (Lipinski definition) is 1. The van der Waals surface area contributed by atoms with Gasteiger partial charge in [0.25, 0.3) is 5.91 Å². The van der Waals surface area contributed by atoms with Crippen LogP contribution in [0.1, 0.15) is 65.1 Å². The van der Waals surface area contributed by atoms with Crippen molar-refractivity contribution in [3.8, 4) is 0 Å². The van der Waals surface area contributed by atoms with Gasteiger partial charge in [-0.25, -0.2) is 0 Å². The number of nitrogens with zero attached hydrogens (tertiary/aromatic N) is 2. The quantitative estimate of drug-likeness (QED) is 0.595. The number of carbonyl (C=O) groups is 1. The van der Waals surface area contributed by atoms with E-state index in [-0.39, 0.29) is 18.0 Å². The Labute approximate surface area is 196 Å². The molecule has 0 spiro atoms. The monoisotopic (exact) mass is 443 g/mol. The third-order valence-electron chi connectivity index (χ3n) is 7.24. The van der Waals surface area contributed by atoms with Crippen LogP contribution in [0.5, 0.6) is 0 Å². The molecule has 33 heavy (non-hydrogen) atoms. The lowest BCUT2D eigenvalue weighted by atomic mass is 9.96. The average molecular weight is 444 g/mol. The van der Waals surface area contributed by atoms with Crippen molar-refractivity contribution in [2.24, 2.45) is 5.73 Å². The summed E-state index contributed by atoms with van der Waals surface area (Å²) in [7, 11) is 0. The molecule has 5 nitrogen and oxygen atoms in total. The smallest absolute Gasteiger partial charge is 0.289 e. The molecule has 0 saturated carbocycles. The lowest BCUT2D eigenvalue weighted by Gasteiger charge is -2.28. The van der Waals surface area contributed by atoms with Gasteiger partial charge >= 0.3 is 0 Å². The summed E-state index contributed by atoms with van der Waals surface area (Å²) in [6.07, 6.45) is 2.14. The van der Waals surface area contributed by atoms with Gasteiger partial charge in [0, 0.05) is 31.6 Å². The van der Waals surface area contributed by atoms with E-state index < -0.39 is 0 Å². The van der Waals surface area contributed by atoms with Crippen LogP contribution in [0.25, 0.3) is 0 Å². The van der Waals surface area contributed by atoms with E-state index in [2.05, 4.69) is 59.5 Å². The van der Waals surface area contributed by atoms with Gasteiger partial charge in [0.05, 0.1) is 6.04 Å². The normalized spacial score (nSPS) is 24.3. The lowest BCUT2D eigenvalue weighted by molar-refractivity contribution is 0.0672. The summed E-state index contributed by atoms with van der Waals surface area (Å²) in [5.41, 5.74) is 8.67. The molecule has 0 aliphatic carbocycles. The van der Waals surface area contributed by atoms with Crippen molar-refractivity contribution in [1.82, 2.24) is 9.80 Å². The molecule has 3 aromatic rings. The molecule has 0 radical (unpaired) electrons. The summed E-state index contributed by atoms with van der Waals surface area (Å²) >= 11 is 0. The van der Waals surface area contributed by atoms with Gasteiger partial charge in [-0.3, -0.25) is 4.79 Å². The van der Waals surface area contributed by atoms with Gasteiger partial charge in [0.15, 0.2) is 5.76 Å². The Bertz CT molecular complexity index is 1060. The van der Waals surface area contributed by atoms with Crippen LogP contribution in [0.15, 0.2) is 77.2 Å². The standard InChI is InChI=1S/C28H33N3O2/c1-20(29)26-12-13-27(33-26)28(32)31-18-24(22-10-6-3-7-11-22)16-25(31)19-30-15-14-23(17-30)21-8-4-2-5-9-21/h2-13,20,23-25H,14-19,29H2,1H3/t20?,23-,24-,25-/m0/s1. The van der Waals surface area contributed by atoms with Crippen LogP contribution in [0.2, 0.25) is 0 Å². The van der Waals surface area contributed by atoms with Crippen molar-refractivity contribution in [2.75, 3.05) is 26.2 Å². The second kappa shape index (κ2) is 9.54. The van der Waals surface area contributed by atoms with Gasteiger partial charge < -0.3 is 20.0 Å². The average Bonchev–Trinajstić information content (AvgIpc) is 3.60. The second-order valence-corrected chi connectivity index (χ2v) is 9.60. The van der Waals surface area contributed by atoms with Gasteiger partial charge in [-0.1, -0.05) is 60.7 Å². The molecule has 2 aliphatic heterocycles. The number of hydrogen-bond acceptors (Lipinski definition) is 4. The van der Waals surface area contributed by atoms with Gasteiger partial charge in [0.2, 0.25) is 0 Å². The zero-order valence-electron chi connectivity index (χ0n) is 19.3. The summed E-state index contributed by atoms with van der Waals surface area (Å²) in [4.78, 5) is 18.1. The highest BCUT2D eigenvalue weighted by Gasteiger charge is 2.39. The van der Waals surface area contributed by atoms with Gasteiger partial charge in [-0.05, 0) is 55.5 Å². The lowest BCUT2D eigenvalue weighted by Crippen LogP contribution is -2.42. The Balaban J connectivity index is 1.33. The van der Waals surface area contributed by atoms with Crippen molar-refractivity contribution in [2.45, 2.75) is 43.7 Å². The molecule has 5 rings (SSSR count). The molecule has 0 bridgehead atoms. The maximum atomic E-state index is 13.5. The number of nitrogens with two attached hydrogens (primary N) is 1. The van der Waals surface area contributed by atoms with Crippen molar-refractivity contribution >= 4 is 5.91 Å². The Morgan fingerprint density at radius 2 is 1.64 bits per heavy atom. The fourth-order valence-corrected chi connectivity index (χ4v) is 5.45. The van der Waals surface area contributed by atoms with Crippen molar-refractivity contribution in [1.29, 1.82) is 0 Å². The summed E-state index contributed by atoms with van der Waals surface area (Å²) < 4.78 is 5.82. The van der Waals surface area contributed by atoms with E-state index in [1.54, 1.807) is 6.07 Å². The van der Waals surface area contributed by atoms with Crippen molar-refractivity contribution < 1.29 is 9.21 Å². The molecule has 1 unspecified atom stereocenters. The largest absolute Gasteiger partial charge is 0.454 e. The molecule has 1 amide bonds. The second-order valence-electron chi connectivity index (χ2n) is 9.60. The molecular weight excluding hydrogens is 410 g/mol. The molecule has 1 aromatic heterocycles.